The summed E-state index contributed by atoms with van der Waals surface area (Å²) in [5.41, 5.74) is 0.462. The number of alkyl halides is 2. The van der Waals surface area contributed by atoms with E-state index in [9.17, 15) is 18.4 Å². The summed E-state index contributed by atoms with van der Waals surface area (Å²) in [6.45, 7) is -0.951. The van der Waals surface area contributed by atoms with Gasteiger partial charge in [0.2, 0.25) is 11.8 Å². The lowest BCUT2D eigenvalue weighted by Crippen LogP contribution is -2.34. The summed E-state index contributed by atoms with van der Waals surface area (Å²) in [5.74, 6) is -0.846. The molecule has 5 nitrogen and oxygen atoms in total. The Balaban J connectivity index is 2.04. The topological polar surface area (TPSA) is 67.4 Å². The third-order valence-electron chi connectivity index (χ3n) is 3.31. The monoisotopic (exact) mass is 298 g/mol. The van der Waals surface area contributed by atoms with Crippen molar-refractivity contribution < 1.29 is 23.1 Å². The molecule has 2 unspecified atom stereocenters. The first kappa shape index (κ1) is 15.2. The summed E-state index contributed by atoms with van der Waals surface area (Å²) in [5, 5.41) is 5.29. The van der Waals surface area contributed by atoms with Crippen LogP contribution in [-0.2, 0) is 9.59 Å². The Hall–Kier alpha value is -2.18. The maximum absolute atomic E-state index is 12.4. The first-order chi connectivity index (χ1) is 9.97. The van der Waals surface area contributed by atoms with E-state index in [4.69, 9.17) is 0 Å². The summed E-state index contributed by atoms with van der Waals surface area (Å²) in [6.07, 6.45) is 0.147. The zero-order valence-corrected chi connectivity index (χ0v) is 11.4. The predicted molar refractivity (Wildman–Crippen MR) is 70.7 cm³/mol. The summed E-state index contributed by atoms with van der Waals surface area (Å²) in [7, 11) is 0. The van der Waals surface area contributed by atoms with Crippen LogP contribution in [0, 0.1) is 5.92 Å². The zero-order valence-electron chi connectivity index (χ0n) is 11.4. The molecular formula is C14H16F2N2O3. The van der Waals surface area contributed by atoms with E-state index >= 15 is 0 Å². The van der Waals surface area contributed by atoms with Gasteiger partial charge >= 0.3 is 6.61 Å². The molecule has 0 radical (unpaired) electrons. The van der Waals surface area contributed by atoms with E-state index in [1.165, 1.54) is 6.07 Å². The summed E-state index contributed by atoms with van der Waals surface area (Å²) in [4.78, 5) is 23.1. The van der Waals surface area contributed by atoms with Crippen molar-refractivity contribution in [2.75, 3.05) is 6.54 Å². The van der Waals surface area contributed by atoms with Crippen molar-refractivity contribution >= 4 is 11.8 Å². The molecule has 1 aliphatic heterocycles. The Morgan fingerprint density at radius 3 is 2.76 bits per heavy atom. The van der Waals surface area contributed by atoms with Crippen LogP contribution in [0.4, 0.5) is 8.78 Å². The van der Waals surface area contributed by atoms with Gasteiger partial charge < -0.3 is 15.4 Å². The molecule has 1 aliphatic rings. The second-order valence-electron chi connectivity index (χ2n) is 4.85. The van der Waals surface area contributed by atoms with Crippen molar-refractivity contribution in [3.63, 3.8) is 0 Å². The van der Waals surface area contributed by atoms with E-state index in [2.05, 4.69) is 15.4 Å². The largest absolute Gasteiger partial charge is 0.434 e. The van der Waals surface area contributed by atoms with E-state index in [-0.39, 0.29) is 24.0 Å². The molecule has 1 saturated heterocycles. The summed E-state index contributed by atoms with van der Waals surface area (Å²) < 4.78 is 29.2. The van der Waals surface area contributed by atoms with Gasteiger partial charge in [0.1, 0.15) is 5.75 Å². The lowest BCUT2D eigenvalue weighted by atomic mass is 10.0. The lowest BCUT2D eigenvalue weighted by molar-refractivity contribution is -0.127. The fraction of sp³-hybridized carbons (Fsp3) is 0.429. The quantitative estimate of drug-likeness (QED) is 0.867. The number of carbonyl (C=O) groups excluding carboxylic acids is 2. The van der Waals surface area contributed by atoms with Crippen molar-refractivity contribution in [1.29, 1.82) is 0 Å². The number of benzene rings is 1. The second-order valence-corrected chi connectivity index (χ2v) is 4.85. The lowest BCUT2D eigenvalue weighted by Gasteiger charge is -2.19. The minimum atomic E-state index is -2.93. The van der Waals surface area contributed by atoms with Gasteiger partial charge in [-0.15, -0.1) is 0 Å². The van der Waals surface area contributed by atoms with E-state index in [1.54, 1.807) is 25.1 Å². The van der Waals surface area contributed by atoms with Gasteiger partial charge in [0.15, 0.2) is 0 Å². The minimum absolute atomic E-state index is 0.0286. The van der Waals surface area contributed by atoms with Gasteiger partial charge in [-0.2, -0.15) is 8.78 Å². The van der Waals surface area contributed by atoms with Crippen LogP contribution in [-0.4, -0.2) is 25.0 Å². The molecule has 1 aromatic rings. The van der Waals surface area contributed by atoms with Crippen LogP contribution in [0.2, 0.25) is 0 Å². The molecule has 2 rings (SSSR count). The number of carbonyl (C=O) groups is 2. The van der Waals surface area contributed by atoms with Gasteiger partial charge in [0.05, 0.1) is 12.0 Å². The van der Waals surface area contributed by atoms with Gasteiger partial charge in [-0.3, -0.25) is 9.59 Å². The number of para-hydroxylation sites is 1. The average Bonchev–Trinajstić information content (AvgIpc) is 2.85. The Labute approximate surface area is 120 Å². The van der Waals surface area contributed by atoms with Gasteiger partial charge in [-0.1, -0.05) is 18.2 Å². The van der Waals surface area contributed by atoms with Gasteiger partial charge in [-0.05, 0) is 13.0 Å². The zero-order chi connectivity index (χ0) is 15.4. The Bertz CT molecular complexity index is 537. The van der Waals surface area contributed by atoms with E-state index in [1.807, 2.05) is 0 Å². The SMILES string of the molecule is CC(NC(=O)C1CNC(=O)C1)c1ccccc1OC(F)F. The number of halogens is 2. The maximum Gasteiger partial charge on any atom is 0.387 e. The molecule has 0 bridgehead atoms. The molecule has 1 heterocycles. The molecule has 7 heteroatoms. The summed E-state index contributed by atoms with van der Waals surface area (Å²) in [6, 6.07) is 5.79. The smallest absolute Gasteiger partial charge is 0.387 e. The molecule has 0 spiro atoms. The number of hydrogen-bond acceptors (Lipinski definition) is 3. The van der Waals surface area contributed by atoms with Crippen molar-refractivity contribution in [3.8, 4) is 5.75 Å². The maximum atomic E-state index is 12.4. The third kappa shape index (κ3) is 3.90. The molecule has 2 atom stereocenters. The average molecular weight is 298 g/mol. The highest BCUT2D eigenvalue weighted by atomic mass is 19.3. The number of rotatable bonds is 5. The van der Waals surface area contributed by atoms with Crippen LogP contribution >= 0.6 is 0 Å². The van der Waals surface area contributed by atoms with Crippen LogP contribution in [0.25, 0.3) is 0 Å². The molecule has 2 amide bonds. The standard InChI is InChI=1S/C14H16F2N2O3/c1-8(18-13(20)9-6-12(19)17-7-9)10-4-2-3-5-11(10)21-14(15)16/h2-5,8-9,14H,6-7H2,1H3,(H,17,19)(H,18,20). The van der Waals surface area contributed by atoms with E-state index < -0.39 is 18.6 Å². The predicted octanol–water partition coefficient (Wildman–Crippen LogP) is 1.60. The van der Waals surface area contributed by atoms with E-state index in [0.717, 1.165) is 0 Å². The molecule has 1 aromatic carbocycles. The number of hydrogen-bond donors (Lipinski definition) is 2. The molecule has 0 aromatic heterocycles. The fourth-order valence-electron chi connectivity index (χ4n) is 2.24. The Morgan fingerprint density at radius 2 is 2.14 bits per heavy atom. The molecule has 21 heavy (non-hydrogen) atoms. The van der Waals surface area contributed by atoms with E-state index in [0.29, 0.717) is 12.1 Å². The molecule has 0 saturated carbocycles. The summed E-state index contributed by atoms with van der Waals surface area (Å²) >= 11 is 0. The van der Waals surface area contributed by atoms with Crippen molar-refractivity contribution in [2.24, 2.45) is 5.92 Å². The van der Waals surface area contributed by atoms with Crippen molar-refractivity contribution in [1.82, 2.24) is 10.6 Å². The van der Waals surface area contributed by atoms with Gasteiger partial charge in [-0.25, -0.2) is 0 Å². The first-order valence-electron chi connectivity index (χ1n) is 6.58. The van der Waals surface area contributed by atoms with Gasteiger partial charge in [0.25, 0.3) is 0 Å². The number of nitrogens with one attached hydrogen (secondary N) is 2. The Morgan fingerprint density at radius 1 is 1.43 bits per heavy atom. The second kappa shape index (κ2) is 6.51. The van der Waals surface area contributed by atoms with Crippen LogP contribution in [0.3, 0.4) is 0 Å². The Kier molecular flexibility index (Phi) is 4.72. The first-order valence-corrected chi connectivity index (χ1v) is 6.58. The molecule has 0 aliphatic carbocycles. The van der Waals surface area contributed by atoms with Crippen LogP contribution in [0.1, 0.15) is 24.9 Å². The number of ether oxygens (including phenoxy) is 1. The molecule has 1 fully saturated rings. The molecule has 2 N–H and O–H groups in total. The fourth-order valence-corrected chi connectivity index (χ4v) is 2.24. The molecule has 114 valence electrons. The highest BCUT2D eigenvalue weighted by Gasteiger charge is 2.29. The third-order valence-corrected chi connectivity index (χ3v) is 3.31. The normalized spacial score (nSPS) is 19.2. The van der Waals surface area contributed by atoms with Crippen LogP contribution in [0.15, 0.2) is 24.3 Å². The highest BCUT2D eigenvalue weighted by molar-refractivity contribution is 5.89. The number of amides is 2. The molecular weight excluding hydrogens is 282 g/mol. The van der Waals surface area contributed by atoms with Gasteiger partial charge in [0, 0.05) is 18.5 Å². The van der Waals surface area contributed by atoms with Crippen LogP contribution in [0.5, 0.6) is 5.75 Å². The van der Waals surface area contributed by atoms with Crippen LogP contribution < -0.4 is 15.4 Å². The van der Waals surface area contributed by atoms with Crippen molar-refractivity contribution in [2.45, 2.75) is 26.0 Å². The van der Waals surface area contributed by atoms with Crippen molar-refractivity contribution in [3.05, 3.63) is 29.8 Å². The minimum Gasteiger partial charge on any atom is -0.434 e. The highest BCUT2D eigenvalue weighted by Crippen LogP contribution is 2.26.